The van der Waals surface area contributed by atoms with Crippen LogP contribution in [0.15, 0.2) is 53.4 Å². The first-order valence-corrected chi connectivity index (χ1v) is 11.2. The van der Waals surface area contributed by atoms with Gasteiger partial charge in [-0.05, 0) is 43.1 Å². The van der Waals surface area contributed by atoms with Gasteiger partial charge in [0.25, 0.3) is 0 Å². The quantitative estimate of drug-likeness (QED) is 0.655. The highest BCUT2D eigenvalue weighted by atomic mass is 35.5. The minimum absolute atomic E-state index is 0.0298. The van der Waals surface area contributed by atoms with Crippen LogP contribution in [0.1, 0.15) is 24.5 Å². The fourth-order valence-electron chi connectivity index (χ4n) is 3.17. The van der Waals surface area contributed by atoms with Gasteiger partial charge < -0.3 is 4.74 Å². The van der Waals surface area contributed by atoms with Crippen LogP contribution >= 0.6 is 11.6 Å². The van der Waals surface area contributed by atoms with Crippen LogP contribution in [0.4, 0.5) is 4.39 Å². The SMILES string of the molecule is O=S(=O)(NCCCCN1CCO[C@@H](c2ccccc2)C1)c1ccc(F)c(Cl)c1. The van der Waals surface area contributed by atoms with Crippen LogP contribution in [0.2, 0.25) is 5.02 Å². The van der Waals surface area contributed by atoms with Crippen molar-refractivity contribution in [1.82, 2.24) is 9.62 Å². The molecule has 0 radical (unpaired) electrons. The number of nitrogens with zero attached hydrogens (tertiary/aromatic N) is 1. The summed E-state index contributed by atoms with van der Waals surface area (Å²) in [5.41, 5.74) is 1.18. The number of rotatable bonds is 8. The van der Waals surface area contributed by atoms with Crippen LogP contribution in [0, 0.1) is 5.82 Å². The van der Waals surface area contributed by atoms with Gasteiger partial charge in [-0.3, -0.25) is 4.90 Å². The van der Waals surface area contributed by atoms with Crippen molar-refractivity contribution >= 4 is 21.6 Å². The van der Waals surface area contributed by atoms with Gasteiger partial charge in [-0.1, -0.05) is 41.9 Å². The maximum atomic E-state index is 13.2. The summed E-state index contributed by atoms with van der Waals surface area (Å²) in [6, 6.07) is 13.5. The molecule has 1 N–H and O–H groups in total. The highest BCUT2D eigenvalue weighted by molar-refractivity contribution is 7.89. The van der Waals surface area contributed by atoms with Crippen LogP contribution in [0.5, 0.6) is 0 Å². The number of hydrogen-bond acceptors (Lipinski definition) is 4. The fraction of sp³-hybridized carbons (Fsp3) is 0.400. The largest absolute Gasteiger partial charge is 0.371 e. The molecule has 1 saturated heterocycles. The van der Waals surface area contributed by atoms with Crippen LogP contribution < -0.4 is 4.72 Å². The predicted molar refractivity (Wildman–Crippen MR) is 107 cm³/mol. The lowest BCUT2D eigenvalue weighted by Gasteiger charge is -2.33. The summed E-state index contributed by atoms with van der Waals surface area (Å²) in [7, 11) is -3.68. The number of halogens is 2. The first-order chi connectivity index (χ1) is 13.5. The molecule has 8 heteroatoms. The minimum atomic E-state index is -3.68. The second-order valence-electron chi connectivity index (χ2n) is 6.75. The van der Waals surface area contributed by atoms with E-state index in [0.29, 0.717) is 19.6 Å². The molecule has 5 nitrogen and oxygen atoms in total. The van der Waals surface area contributed by atoms with Crippen molar-refractivity contribution in [1.29, 1.82) is 0 Å². The Labute approximate surface area is 170 Å². The Hall–Kier alpha value is -1.51. The van der Waals surface area contributed by atoms with E-state index < -0.39 is 15.8 Å². The molecule has 0 spiro atoms. The van der Waals surface area contributed by atoms with Crippen LogP contribution in [0.3, 0.4) is 0 Å². The molecule has 2 aromatic rings. The summed E-state index contributed by atoms with van der Waals surface area (Å²) in [5, 5.41) is -0.205. The Morgan fingerprint density at radius 1 is 1.18 bits per heavy atom. The summed E-state index contributed by atoms with van der Waals surface area (Å²) in [4.78, 5) is 2.31. The standard InChI is InChI=1S/C20H24ClFN2O3S/c21-18-14-17(8-9-19(18)22)28(25,26)23-10-4-5-11-24-12-13-27-20(15-24)16-6-2-1-3-7-16/h1-3,6-9,14,20,23H,4-5,10-13,15H2/t20-/m1/s1. The van der Waals surface area contributed by atoms with Crippen molar-refractivity contribution < 1.29 is 17.5 Å². The van der Waals surface area contributed by atoms with Crippen LogP contribution in [-0.4, -0.2) is 46.1 Å². The van der Waals surface area contributed by atoms with Gasteiger partial charge in [0.05, 0.1) is 22.6 Å². The summed E-state index contributed by atoms with van der Waals surface area (Å²) < 4.78 is 46.1. The van der Waals surface area contributed by atoms with E-state index in [1.165, 1.54) is 11.6 Å². The smallest absolute Gasteiger partial charge is 0.240 e. The topological polar surface area (TPSA) is 58.6 Å². The van der Waals surface area contributed by atoms with Crippen molar-refractivity contribution in [2.45, 2.75) is 23.8 Å². The highest BCUT2D eigenvalue weighted by Crippen LogP contribution is 2.22. The van der Waals surface area contributed by atoms with Crippen molar-refractivity contribution in [3.63, 3.8) is 0 Å². The third-order valence-electron chi connectivity index (χ3n) is 4.72. The molecule has 1 fully saturated rings. The predicted octanol–water partition coefficient (Wildman–Crippen LogP) is 3.61. The second-order valence-corrected chi connectivity index (χ2v) is 8.93. The second kappa shape index (κ2) is 9.80. The summed E-state index contributed by atoms with van der Waals surface area (Å²) in [5.74, 6) is -0.639. The molecule has 0 bridgehead atoms. The van der Waals surface area contributed by atoms with Gasteiger partial charge in [0.1, 0.15) is 5.82 Å². The molecule has 1 aliphatic heterocycles. The van der Waals surface area contributed by atoms with Crippen molar-refractivity contribution in [2.75, 3.05) is 32.8 Å². The Balaban J connectivity index is 1.41. The van der Waals surface area contributed by atoms with Gasteiger partial charge in [-0.15, -0.1) is 0 Å². The van der Waals surface area contributed by atoms with E-state index in [0.717, 1.165) is 38.2 Å². The molecule has 152 valence electrons. The van der Waals surface area contributed by atoms with Gasteiger partial charge in [-0.2, -0.15) is 0 Å². The lowest BCUT2D eigenvalue weighted by atomic mass is 10.1. The third kappa shape index (κ3) is 5.75. The van der Waals surface area contributed by atoms with E-state index in [9.17, 15) is 12.8 Å². The molecule has 2 aromatic carbocycles. The molecular weight excluding hydrogens is 403 g/mol. The highest BCUT2D eigenvalue weighted by Gasteiger charge is 2.21. The first kappa shape index (κ1) is 21.2. The number of sulfonamides is 1. The van der Waals surface area contributed by atoms with E-state index in [4.69, 9.17) is 16.3 Å². The molecule has 0 unspecified atom stereocenters. The monoisotopic (exact) mass is 426 g/mol. The lowest BCUT2D eigenvalue weighted by molar-refractivity contribution is -0.0303. The van der Waals surface area contributed by atoms with Gasteiger partial charge in [-0.25, -0.2) is 17.5 Å². The van der Waals surface area contributed by atoms with E-state index in [2.05, 4.69) is 21.8 Å². The molecule has 0 amide bonds. The molecule has 0 saturated carbocycles. The zero-order chi connectivity index (χ0) is 20.0. The zero-order valence-corrected chi connectivity index (χ0v) is 17.1. The van der Waals surface area contributed by atoms with Gasteiger partial charge in [0.15, 0.2) is 0 Å². The number of benzene rings is 2. The maximum absolute atomic E-state index is 13.2. The van der Waals surface area contributed by atoms with Gasteiger partial charge in [0.2, 0.25) is 10.0 Å². The zero-order valence-electron chi connectivity index (χ0n) is 15.5. The summed E-state index contributed by atoms with van der Waals surface area (Å²) in [6.07, 6.45) is 1.66. The number of morpholine rings is 1. The summed E-state index contributed by atoms with van der Waals surface area (Å²) in [6.45, 7) is 3.62. The minimum Gasteiger partial charge on any atom is -0.371 e. The van der Waals surface area contributed by atoms with E-state index in [-0.39, 0.29) is 16.0 Å². The molecule has 1 aliphatic rings. The molecular formula is C20H24ClFN2O3S. The molecule has 28 heavy (non-hydrogen) atoms. The van der Waals surface area contributed by atoms with Crippen molar-refractivity contribution in [2.24, 2.45) is 0 Å². The average Bonchev–Trinajstić information content (AvgIpc) is 2.70. The van der Waals surface area contributed by atoms with Crippen molar-refractivity contribution in [3.05, 3.63) is 64.9 Å². The third-order valence-corrected chi connectivity index (χ3v) is 6.46. The summed E-state index contributed by atoms with van der Waals surface area (Å²) >= 11 is 5.66. The maximum Gasteiger partial charge on any atom is 0.240 e. The Morgan fingerprint density at radius 3 is 2.71 bits per heavy atom. The molecule has 1 heterocycles. The van der Waals surface area contributed by atoms with E-state index in [1.807, 2.05) is 18.2 Å². The molecule has 1 atom stereocenters. The van der Waals surface area contributed by atoms with Crippen molar-refractivity contribution in [3.8, 4) is 0 Å². The number of unbranched alkanes of at least 4 members (excludes halogenated alkanes) is 1. The Kier molecular flexibility index (Phi) is 7.42. The molecule has 0 aromatic heterocycles. The molecule has 0 aliphatic carbocycles. The van der Waals surface area contributed by atoms with Gasteiger partial charge >= 0.3 is 0 Å². The number of nitrogens with one attached hydrogen (secondary N) is 1. The van der Waals surface area contributed by atoms with E-state index >= 15 is 0 Å². The number of hydrogen-bond donors (Lipinski definition) is 1. The molecule has 3 rings (SSSR count). The first-order valence-electron chi connectivity index (χ1n) is 9.29. The Bertz CT molecular complexity index is 880. The van der Waals surface area contributed by atoms with Gasteiger partial charge in [0, 0.05) is 19.6 Å². The fourth-order valence-corrected chi connectivity index (χ4v) is 4.51. The lowest BCUT2D eigenvalue weighted by Crippen LogP contribution is -2.39. The van der Waals surface area contributed by atoms with E-state index in [1.54, 1.807) is 0 Å². The number of ether oxygens (including phenoxy) is 1. The van der Waals surface area contributed by atoms with Crippen LogP contribution in [0.25, 0.3) is 0 Å². The average molecular weight is 427 g/mol. The van der Waals surface area contributed by atoms with Crippen LogP contribution in [-0.2, 0) is 14.8 Å². The normalized spacial score (nSPS) is 18.3. The Morgan fingerprint density at radius 2 is 1.96 bits per heavy atom.